The number of carbonyl (C=O) groups is 1. The molecule has 4 rings (SSSR count). The molecular formula is C20H21NO5. The highest BCUT2D eigenvalue weighted by atomic mass is 16.5. The number of fused-ring (bicyclic) bond motifs is 3. The van der Waals surface area contributed by atoms with Crippen LogP contribution in [-0.2, 0) is 4.79 Å². The van der Waals surface area contributed by atoms with Crippen molar-refractivity contribution in [2.45, 2.75) is 30.1 Å². The lowest BCUT2D eigenvalue weighted by atomic mass is 9.90. The average molecular weight is 355 g/mol. The number of hydrogen-bond donors (Lipinski definition) is 2. The SMILES string of the molecule is COc1cc(OC)c2c(c1)OC1C2C(O)C(NC=O)[C@H]1c1ccccc1. The summed E-state index contributed by atoms with van der Waals surface area (Å²) in [5.74, 6) is 1.43. The summed E-state index contributed by atoms with van der Waals surface area (Å²) in [4.78, 5) is 11.2. The normalized spacial score (nSPS) is 28.7. The maximum Gasteiger partial charge on any atom is 0.207 e. The Morgan fingerprint density at radius 1 is 1.12 bits per heavy atom. The van der Waals surface area contributed by atoms with E-state index in [1.165, 1.54) is 0 Å². The first-order chi connectivity index (χ1) is 12.7. The molecule has 0 saturated heterocycles. The van der Waals surface area contributed by atoms with E-state index in [-0.39, 0.29) is 17.9 Å². The molecule has 1 heterocycles. The van der Waals surface area contributed by atoms with Crippen LogP contribution in [0.3, 0.4) is 0 Å². The van der Waals surface area contributed by atoms with Crippen LogP contribution >= 0.6 is 0 Å². The number of benzene rings is 2. The molecule has 2 aromatic rings. The maximum absolute atomic E-state index is 11.2. The van der Waals surface area contributed by atoms with Crippen molar-refractivity contribution < 1.29 is 24.1 Å². The van der Waals surface area contributed by atoms with E-state index < -0.39 is 12.1 Å². The van der Waals surface area contributed by atoms with Gasteiger partial charge in [-0.2, -0.15) is 0 Å². The van der Waals surface area contributed by atoms with Gasteiger partial charge in [0, 0.05) is 23.6 Å². The molecule has 0 spiro atoms. The van der Waals surface area contributed by atoms with Crippen LogP contribution in [-0.4, -0.2) is 44.0 Å². The van der Waals surface area contributed by atoms with Crippen LogP contribution in [0.5, 0.6) is 17.2 Å². The molecule has 2 aromatic carbocycles. The summed E-state index contributed by atoms with van der Waals surface area (Å²) in [6.07, 6.45) is -0.461. The van der Waals surface area contributed by atoms with Gasteiger partial charge in [-0.05, 0) is 5.56 Å². The number of methoxy groups -OCH3 is 2. The second-order valence-corrected chi connectivity index (χ2v) is 6.59. The lowest BCUT2D eigenvalue weighted by molar-refractivity contribution is -0.110. The number of hydrogen-bond acceptors (Lipinski definition) is 5. The molecule has 26 heavy (non-hydrogen) atoms. The topological polar surface area (TPSA) is 77.0 Å². The van der Waals surface area contributed by atoms with Crippen LogP contribution in [0.25, 0.3) is 0 Å². The lowest BCUT2D eigenvalue weighted by Gasteiger charge is -2.25. The minimum atomic E-state index is -0.793. The van der Waals surface area contributed by atoms with Crippen molar-refractivity contribution in [2.75, 3.05) is 14.2 Å². The van der Waals surface area contributed by atoms with Crippen molar-refractivity contribution >= 4 is 6.41 Å². The molecule has 2 N–H and O–H groups in total. The van der Waals surface area contributed by atoms with Crippen LogP contribution in [0, 0.1) is 0 Å². The van der Waals surface area contributed by atoms with Crippen molar-refractivity contribution in [2.24, 2.45) is 0 Å². The summed E-state index contributed by atoms with van der Waals surface area (Å²) >= 11 is 0. The number of nitrogens with one attached hydrogen (secondary N) is 1. The number of amides is 1. The summed E-state index contributed by atoms with van der Waals surface area (Å²) in [6.45, 7) is 0. The van der Waals surface area contributed by atoms with Gasteiger partial charge in [-0.15, -0.1) is 0 Å². The number of carbonyl (C=O) groups excluding carboxylic acids is 1. The number of rotatable bonds is 5. The van der Waals surface area contributed by atoms with Crippen LogP contribution < -0.4 is 19.5 Å². The van der Waals surface area contributed by atoms with E-state index in [0.717, 1.165) is 11.1 Å². The second-order valence-electron chi connectivity index (χ2n) is 6.59. The quantitative estimate of drug-likeness (QED) is 0.800. The van der Waals surface area contributed by atoms with Crippen LogP contribution in [0.2, 0.25) is 0 Å². The van der Waals surface area contributed by atoms with Crippen molar-refractivity contribution in [3.05, 3.63) is 53.6 Å². The molecule has 1 saturated carbocycles. The van der Waals surface area contributed by atoms with E-state index in [2.05, 4.69) is 5.32 Å². The highest BCUT2D eigenvalue weighted by molar-refractivity contribution is 5.58. The fourth-order valence-corrected chi connectivity index (χ4v) is 4.33. The van der Waals surface area contributed by atoms with E-state index in [1.807, 2.05) is 36.4 Å². The molecule has 5 atom stereocenters. The molecule has 1 fully saturated rings. The third-order valence-electron chi connectivity index (χ3n) is 5.41. The molecule has 2 aliphatic rings. The predicted octanol–water partition coefficient (Wildman–Crippen LogP) is 1.82. The zero-order chi connectivity index (χ0) is 18.3. The smallest absolute Gasteiger partial charge is 0.207 e. The molecule has 0 aromatic heterocycles. The number of aliphatic hydroxyl groups excluding tert-OH is 1. The van der Waals surface area contributed by atoms with E-state index in [9.17, 15) is 9.90 Å². The number of aliphatic hydroxyl groups is 1. The summed E-state index contributed by atoms with van der Waals surface area (Å²) in [5.41, 5.74) is 1.83. The van der Waals surface area contributed by atoms with Gasteiger partial charge >= 0.3 is 0 Å². The zero-order valence-corrected chi connectivity index (χ0v) is 14.6. The molecular weight excluding hydrogens is 334 g/mol. The van der Waals surface area contributed by atoms with Crippen LogP contribution in [0.15, 0.2) is 42.5 Å². The Morgan fingerprint density at radius 3 is 2.54 bits per heavy atom. The third-order valence-corrected chi connectivity index (χ3v) is 5.41. The first-order valence-electron chi connectivity index (χ1n) is 8.55. The molecule has 1 aliphatic carbocycles. The molecule has 6 nitrogen and oxygen atoms in total. The fraction of sp³-hybridized carbons (Fsp3) is 0.350. The van der Waals surface area contributed by atoms with E-state index in [0.29, 0.717) is 23.7 Å². The van der Waals surface area contributed by atoms with Gasteiger partial charge in [-0.1, -0.05) is 30.3 Å². The summed E-state index contributed by atoms with van der Waals surface area (Å²) < 4.78 is 17.1. The maximum atomic E-state index is 11.2. The summed E-state index contributed by atoms with van der Waals surface area (Å²) in [7, 11) is 3.17. The minimum Gasteiger partial charge on any atom is -0.496 e. The van der Waals surface area contributed by atoms with Crippen molar-refractivity contribution in [1.82, 2.24) is 5.32 Å². The Morgan fingerprint density at radius 2 is 1.88 bits per heavy atom. The van der Waals surface area contributed by atoms with Crippen LogP contribution in [0.1, 0.15) is 23.0 Å². The van der Waals surface area contributed by atoms with Crippen molar-refractivity contribution in [3.8, 4) is 17.2 Å². The Balaban J connectivity index is 1.82. The predicted molar refractivity (Wildman–Crippen MR) is 94.9 cm³/mol. The summed E-state index contributed by atoms with van der Waals surface area (Å²) in [5, 5.41) is 13.8. The molecule has 136 valence electrons. The monoisotopic (exact) mass is 355 g/mol. The first-order valence-corrected chi connectivity index (χ1v) is 8.55. The molecule has 4 unspecified atom stereocenters. The third kappa shape index (κ3) is 2.41. The standard InChI is InChI=1S/C20H21NO5/c1-24-12-8-13(25-2)16-14(9-12)26-20-15(11-6-4-3-5-7-11)18(21-10-22)19(23)17(16)20/h3-10,15,17-20,23H,1-2H3,(H,21,22)/t15-,17?,18?,19?,20?/m1/s1. The molecule has 0 radical (unpaired) electrons. The van der Waals surface area contributed by atoms with Gasteiger partial charge < -0.3 is 24.6 Å². The second kappa shape index (κ2) is 6.53. The number of ether oxygens (including phenoxy) is 3. The molecule has 0 bridgehead atoms. The summed E-state index contributed by atoms with van der Waals surface area (Å²) in [6, 6.07) is 13.0. The van der Waals surface area contributed by atoms with Crippen molar-refractivity contribution in [3.63, 3.8) is 0 Å². The van der Waals surface area contributed by atoms with E-state index in [4.69, 9.17) is 14.2 Å². The van der Waals surface area contributed by atoms with Gasteiger partial charge in [0.2, 0.25) is 6.41 Å². The highest BCUT2D eigenvalue weighted by Crippen LogP contribution is 2.56. The lowest BCUT2D eigenvalue weighted by Crippen LogP contribution is -2.40. The van der Waals surface area contributed by atoms with Gasteiger partial charge in [-0.25, -0.2) is 0 Å². The van der Waals surface area contributed by atoms with Crippen molar-refractivity contribution in [1.29, 1.82) is 0 Å². The molecule has 1 amide bonds. The molecule has 1 aliphatic heterocycles. The minimum absolute atomic E-state index is 0.176. The van der Waals surface area contributed by atoms with Gasteiger partial charge in [-0.3, -0.25) is 4.79 Å². The highest BCUT2D eigenvalue weighted by Gasteiger charge is 2.57. The molecule has 6 heteroatoms. The van der Waals surface area contributed by atoms with Gasteiger partial charge in [0.05, 0.1) is 32.3 Å². The Labute approximate surface area is 151 Å². The van der Waals surface area contributed by atoms with Crippen LogP contribution in [0.4, 0.5) is 0 Å². The Hall–Kier alpha value is -2.73. The average Bonchev–Trinajstić information content (AvgIpc) is 3.17. The fourth-order valence-electron chi connectivity index (χ4n) is 4.33. The largest absolute Gasteiger partial charge is 0.496 e. The van der Waals surface area contributed by atoms with E-state index >= 15 is 0 Å². The Kier molecular flexibility index (Phi) is 4.20. The van der Waals surface area contributed by atoms with Gasteiger partial charge in [0.1, 0.15) is 23.4 Å². The zero-order valence-electron chi connectivity index (χ0n) is 14.6. The van der Waals surface area contributed by atoms with E-state index in [1.54, 1.807) is 20.3 Å². The first kappa shape index (κ1) is 16.7. The van der Waals surface area contributed by atoms with Gasteiger partial charge in [0.25, 0.3) is 0 Å². The van der Waals surface area contributed by atoms with Gasteiger partial charge in [0.15, 0.2) is 0 Å². The Bertz CT molecular complexity index is 809.